The summed E-state index contributed by atoms with van der Waals surface area (Å²) in [5.74, 6) is 1.45. The number of fused-ring (bicyclic) bond motifs is 1. The third-order valence-corrected chi connectivity index (χ3v) is 3.63. The number of anilines is 1. The minimum Gasteiger partial charge on any atom is -0.457 e. The van der Waals surface area contributed by atoms with Gasteiger partial charge in [-0.2, -0.15) is 4.68 Å². The van der Waals surface area contributed by atoms with Gasteiger partial charge in [-0.15, -0.1) is 5.10 Å². The molecular formula is C19H14N4O2. The summed E-state index contributed by atoms with van der Waals surface area (Å²) in [5.41, 5.74) is 1.97. The lowest BCUT2D eigenvalue weighted by Gasteiger charge is -2.08. The Kier molecular flexibility index (Phi) is 3.84. The smallest absolute Gasteiger partial charge is 0.348 e. The van der Waals surface area contributed by atoms with Gasteiger partial charge in [-0.05, 0) is 48.5 Å². The van der Waals surface area contributed by atoms with Crippen molar-refractivity contribution in [1.82, 2.24) is 15.0 Å². The predicted octanol–water partition coefficient (Wildman–Crippen LogP) is 4.30. The van der Waals surface area contributed by atoms with Gasteiger partial charge < -0.3 is 10.1 Å². The van der Waals surface area contributed by atoms with Gasteiger partial charge in [0, 0.05) is 5.69 Å². The van der Waals surface area contributed by atoms with Gasteiger partial charge in [0.05, 0.1) is 5.52 Å². The SMILES string of the molecule is O=C(Nc1ccc(Oc2ccccc2)cc1)n1nnc2ccccc21. The topological polar surface area (TPSA) is 69.0 Å². The predicted molar refractivity (Wildman–Crippen MR) is 94.9 cm³/mol. The molecule has 0 aliphatic heterocycles. The van der Waals surface area contributed by atoms with Crippen LogP contribution in [0.5, 0.6) is 11.5 Å². The summed E-state index contributed by atoms with van der Waals surface area (Å²) in [7, 11) is 0. The molecule has 0 spiro atoms. The van der Waals surface area contributed by atoms with Crippen LogP contribution in [0.15, 0.2) is 78.9 Å². The van der Waals surface area contributed by atoms with Crippen LogP contribution in [0.1, 0.15) is 0 Å². The van der Waals surface area contributed by atoms with Crippen molar-refractivity contribution in [1.29, 1.82) is 0 Å². The number of nitrogens with zero attached hydrogens (tertiary/aromatic N) is 3. The van der Waals surface area contributed by atoms with Gasteiger partial charge in [0.1, 0.15) is 17.0 Å². The summed E-state index contributed by atoms with van der Waals surface area (Å²) < 4.78 is 6.97. The van der Waals surface area contributed by atoms with Crippen molar-refractivity contribution in [2.45, 2.75) is 0 Å². The molecule has 6 heteroatoms. The van der Waals surface area contributed by atoms with Crippen LogP contribution in [0.3, 0.4) is 0 Å². The molecule has 0 aliphatic rings. The standard InChI is InChI=1S/C19H14N4O2/c24-19(23-18-9-5-4-8-17(18)21-22-23)20-14-10-12-16(13-11-14)25-15-6-2-1-3-7-15/h1-13H,(H,20,24). The van der Waals surface area contributed by atoms with E-state index in [0.717, 1.165) is 5.75 Å². The van der Waals surface area contributed by atoms with Crippen LogP contribution in [-0.2, 0) is 0 Å². The Hall–Kier alpha value is -3.67. The van der Waals surface area contributed by atoms with E-state index < -0.39 is 0 Å². The van der Waals surface area contributed by atoms with E-state index in [1.54, 1.807) is 30.3 Å². The van der Waals surface area contributed by atoms with Crippen molar-refractivity contribution in [3.63, 3.8) is 0 Å². The molecule has 0 fully saturated rings. The summed E-state index contributed by atoms with van der Waals surface area (Å²) in [4.78, 5) is 12.4. The highest BCUT2D eigenvalue weighted by Gasteiger charge is 2.11. The molecule has 1 aromatic heterocycles. The van der Waals surface area contributed by atoms with Crippen LogP contribution in [0.2, 0.25) is 0 Å². The lowest BCUT2D eigenvalue weighted by molar-refractivity contribution is 0.251. The van der Waals surface area contributed by atoms with Crippen LogP contribution in [0, 0.1) is 0 Å². The van der Waals surface area contributed by atoms with Crippen molar-refractivity contribution >= 4 is 22.8 Å². The number of carbonyl (C=O) groups is 1. The summed E-state index contributed by atoms with van der Waals surface area (Å²) >= 11 is 0. The van der Waals surface area contributed by atoms with Gasteiger partial charge in [-0.25, -0.2) is 4.79 Å². The average Bonchev–Trinajstić information content (AvgIpc) is 3.08. The third kappa shape index (κ3) is 3.18. The van der Waals surface area contributed by atoms with Gasteiger partial charge in [0.2, 0.25) is 0 Å². The molecule has 1 N–H and O–H groups in total. The van der Waals surface area contributed by atoms with Crippen LogP contribution in [-0.4, -0.2) is 21.0 Å². The summed E-state index contributed by atoms with van der Waals surface area (Å²) in [5, 5.41) is 10.7. The van der Waals surface area contributed by atoms with Crippen molar-refractivity contribution < 1.29 is 9.53 Å². The number of aromatic nitrogens is 3. The quantitative estimate of drug-likeness (QED) is 0.608. The molecule has 25 heavy (non-hydrogen) atoms. The van der Waals surface area contributed by atoms with Gasteiger partial charge in [0.15, 0.2) is 0 Å². The number of benzene rings is 3. The Bertz CT molecular complexity index is 1010. The zero-order valence-electron chi connectivity index (χ0n) is 13.2. The van der Waals surface area contributed by atoms with E-state index >= 15 is 0 Å². The largest absolute Gasteiger partial charge is 0.457 e. The van der Waals surface area contributed by atoms with Crippen LogP contribution in [0.4, 0.5) is 10.5 Å². The Morgan fingerprint density at radius 1 is 0.840 bits per heavy atom. The fraction of sp³-hybridized carbons (Fsp3) is 0. The Labute approximate surface area is 143 Å². The molecule has 122 valence electrons. The number of rotatable bonds is 3. The minimum absolute atomic E-state index is 0.370. The highest BCUT2D eigenvalue weighted by molar-refractivity contribution is 5.96. The van der Waals surface area contributed by atoms with Crippen molar-refractivity contribution in [3.05, 3.63) is 78.9 Å². The number of hydrogen-bond donors (Lipinski definition) is 1. The Morgan fingerprint density at radius 3 is 2.32 bits per heavy atom. The molecule has 6 nitrogen and oxygen atoms in total. The highest BCUT2D eigenvalue weighted by Crippen LogP contribution is 2.22. The molecule has 0 saturated carbocycles. The molecule has 0 bridgehead atoms. The highest BCUT2D eigenvalue weighted by atomic mass is 16.5. The number of hydrogen-bond acceptors (Lipinski definition) is 4. The van der Waals surface area contributed by atoms with E-state index in [0.29, 0.717) is 22.5 Å². The van der Waals surface area contributed by atoms with Crippen LogP contribution >= 0.6 is 0 Å². The molecule has 0 saturated heterocycles. The molecule has 3 aromatic carbocycles. The maximum Gasteiger partial charge on any atom is 0.348 e. The summed E-state index contributed by atoms with van der Waals surface area (Å²) in [6.45, 7) is 0. The molecule has 0 radical (unpaired) electrons. The van der Waals surface area contributed by atoms with Crippen molar-refractivity contribution in [3.8, 4) is 11.5 Å². The lowest BCUT2D eigenvalue weighted by atomic mass is 10.3. The minimum atomic E-state index is -0.370. The second-order valence-electron chi connectivity index (χ2n) is 5.36. The number of nitrogens with one attached hydrogen (secondary N) is 1. The second kappa shape index (κ2) is 6.45. The Balaban J connectivity index is 1.48. The average molecular weight is 330 g/mol. The monoisotopic (exact) mass is 330 g/mol. The molecule has 0 atom stereocenters. The Morgan fingerprint density at radius 2 is 1.52 bits per heavy atom. The van der Waals surface area contributed by atoms with Gasteiger partial charge >= 0.3 is 6.03 Å². The fourth-order valence-electron chi connectivity index (χ4n) is 2.43. The first kappa shape index (κ1) is 14.9. The van der Waals surface area contributed by atoms with Crippen LogP contribution in [0.25, 0.3) is 11.0 Å². The molecule has 4 aromatic rings. The molecule has 1 heterocycles. The number of para-hydroxylation sites is 2. The third-order valence-electron chi connectivity index (χ3n) is 3.63. The fourth-order valence-corrected chi connectivity index (χ4v) is 2.43. The van der Waals surface area contributed by atoms with Gasteiger partial charge in [-0.1, -0.05) is 35.5 Å². The normalized spacial score (nSPS) is 10.6. The summed E-state index contributed by atoms with van der Waals surface area (Å²) in [6.07, 6.45) is 0. The number of carbonyl (C=O) groups excluding carboxylic acids is 1. The zero-order chi connectivity index (χ0) is 17.1. The first-order chi connectivity index (χ1) is 12.3. The summed E-state index contributed by atoms with van der Waals surface area (Å²) in [6, 6.07) is 23.6. The zero-order valence-corrected chi connectivity index (χ0v) is 13.2. The molecule has 4 rings (SSSR count). The molecule has 1 amide bonds. The molecular weight excluding hydrogens is 316 g/mol. The lowest BCUT2D eigenvalue weighted by Crippen LogP contribution is -2.20. The van der Waals surface area contributed by atoms with Crippen molar-refractivity contribution in [2.24, 2.45) is 0 Å². The van der Waals surface area contributed by atoms with E-state index in [9.17, 15) is 4.79 Å². The first-order valence-electron chi connectivity index (χ1n) is 7.74. The van der Waals surface area contributed by atoms with Crippen LogP contribution < -0.4 is 10.1 Å². The molecule has 0 aliphatic carbocycles. The second-order valence-corrected chi connectivity index (χ2v) is 5.36. The van der Waals surface area contributed by atoms with E-state index in [1.807, 2.05) is 48.5 Å². The van der Waals surface area contributed by atoms with E-state index in [2.05, 4.69) is 15.6 Å². The van der Waals surface area contributed by atoms with Gasteiger partial charge in [-0.3, -0.25) is 0 Å². The maximum atomic E-state index is 12.4. The number of ether oxygens (including phenoxy) is 1. The first-order valence-corrected chi connectivity index (χ1v) is 7.74. The molecule has 0 unspecified atom stereocenters. The van der Waals surface area contributed by atoms with Gasteiger partial charge in [0.25, 0.3) is 0 Å². The van der Waals surface area contributed by atoms with Crippen molar-refractivity contribution in [2.75, 3.05) is 5.32 Å². The van der Waals surface area contributed by atoms with E-state index in [4.69, 9.17) is 4.74 Å². The number of amides is 1. The van der Waals surface area contributed by atoms with E-state index in [-0.39, 0.29) is 6.03 Å². The maximum absolute atomic E-state index is 12.4. The van der Waals surface area contributed by atoms with E-state index in [1.165, 1.54) is 4.68 Å².